The van der Waals surface area contributed by atoms with E-state index in [1.807, 2.05) is 12.1 Å². The number of urea groups is 1. The average molecular weight is 386 g/mol. The van der Waals surface area contributed by atoms with Crippen molar-refractivity contribution >= 4 is 35.1 Å². The molecule has 7 heteroatoms. The minimum Gasteiger partial charge on any atom is -0.319 e. The van der Waals surface area contributed by atoms with Crippen molar-refractivity contribution in [3.63, 3.8) is 0 Å². The minimum absolute atomic E-state index is 0.0554. The molecule has 1 saturated heterocycles. The van der Waals surface area contributed by atoms with Crippen LogP contribution in [0.25, 0.3) is 0 Å². The summed E-state index contributed by atoms with van der Waals surface area (Å²) < 4.78 is 0. The summed E-state index contributed by atoms with van der Waals surface area (Å²) in [4.78, 5) is 26.9. The zero-order valence-electron chi connectivity index (χ0n) is 13.6. The molecule has 1 aliphatic heterocycles. The predicted octanol–water partition coefficient (Wildman–Crippen LogP) is 3.76. The summed E-state index contributed by atoms with van der Waals surface area (Å²) >= 11 is 12.2. The molecule has 1 spiro atoms. The van der Waals surface area contributed by atoms with Crippen molar-refractivity contribution in [3.05, 3.63) is 68.7 Å². The molecular formula is C19H13Cl2N3O2. The molecule has 1 N–H and O–H groups in total. The maximum Gasteiger partial charge on any atom is 0.325 e. The number of aryl methyl sites for hydroxylation is 1. The van der Waals surface area contributed by atoms with Crippen LogP contribution in [0, 0.1) is 11.3 Å². The lowest BCUT2D eigenvalue weighted by atomic mass is 9.92. The summed E-state index contributed by atoms with van der Waals surface area (Å²) in [5.74, 6) is -0.288. The highest BCUT2D eigenvalue weighted by Gasteiger charge is 2.55. The number of hydrogen-bond acceptors (Lipinski definition) is 3. The molecule has 26 heavy (non-hydrogen) atoms. The molecule has 1 aliphatic carbocycles. The van der Waals surface area contributed by atoms with E-state index in [2.05, 4.69) is 5.32 Å². The minimum atomic E-state index is -1.03. The zero-order valence-corrected chi connectivity index (χ0v) is 15.1. The third-order valence-corrected chi connectivity index (χ3v) is 5.57. The van der Waals surface area contributed by atoms with Crippen molar-refractivity contribution in [1.29, 1.82) is 5.26 Å². The molecule has 0 radical (unpaired) electrons. The fourth-order valence-corrected chi connectivity index (χ4v) is 4.11. The Bertz CT molecular complexity index is 999. The molecule has 1 unspecified atom stereocenters. The van der Waals surface area contributed by atoms with Gasteiger partial charge >= 0.3 is 6.03 Å². The van der Waals surface area contributed by atoms with Gasteiger partial charge in [-0.3, -0.25) is 9.69 Å². The first kappa shape index (κ1) is 16.9. The Labute approximate surface area is 160 Å². The third kappa shape index (κ3) is 2.45. The first-order valence-electron chi connectivity index (χ1n) is 8.06. The van der Waals surface area contributed by atoms with Gasteiger partial charge in [0.15, 0.2) is 0 Å². The average Bonchev–Trinajstić information content (AvgIpc) is 3.09. The van der Waals surface area contributed by atoms with Crippen molar-refractivity contribution in [2.24, 2.45) is 0 Å². The first-order valence-corrected chi connectivity index (χ1v) is 8.82. The Morgan fingerprint density at radius 2 is 2.00 bits per heavy atom. The number of benzene rings is 2. The molecular weight excluding hydrogens is 373 g/mol. The normalized spacial score (nSPS) is 21.0. The van der Waals surface area contributed by atoms with Crippen LogP contribution < -0.4 is 5.32 Å². The largest absolute Gasteiger partial charge is 0.325 e. The van der Waals surface area contributed by atoms with Crippen LogP contribution in [0.4, 0.5) is 4.79 Å². The number of amides is 3. The highest BCUT2D eigenvalue weighted by molar-refractivity contribution is 6.31. The number of carbonyl (C=O) groups is 2. The van der Waals surface area contributed by atoms with E-state index in [9.17, 15) is 9.59 Å². The molecule has 4 rings (SSSR count). The lowest BCUT2D eigenvalue weighted by Crippen LogP contribution is -2.41. The number of nitriles is 1. The van der Waals surface area contributed by atoms with Gasteiger partial charge < -0.3 is 5.32 Å². The zero-order chi connectivity index (χ0) is 18.5. The van der Waals surface area contributed by atoms with E-state index in [0.717, 1.165) is 11.1 Å². The van der Waals surface area contributed by atoms with Crippen LogP contribution in [0.15, 0.2) is 36.4 Å². The van der Waals surface area contributed by atoms with E-state index in [0.29, 0.717) is 34.0 Å². The molecule has 2 aromatic carbocycles. The molecule has 0 bridgehead atoms. The van der Waals surface area contributed by atoms with Crippen molar-refractivity contribution in [2.45, 2.75) is 24.9 Å². The van der Waals surface area contributed by atoms with Crippen molar-refractivity contribution in [2.75, 3.05) is 0 Å². The van der Waals surface area contributed by atoms with E-state index in [4.69, 9.17) is 28.5 Å². The lowest BCUT2D eigenvalue weighted by Gasteiger charge is -2.22. The second-order valence-electron chi connectivity index (χ2n) is 6.45. The number of halogens is 2. The van der Waals surface area contributed by atoms with E-state index in [-0.39, 0.29) is 12.5 Å². The fourth-order valence-electron chi connectivity index (χ4n) is 3.68. The molecule has 1 heterocycles. The molecule has 0 saturated carbocycles. The van der Waals surface area contributed by atoms with Crippen LogP contribution >= 0.6 is 23.2 Å². The molecule has 2 aromatic rings. The van der Waals surface area contributed by atoms with Gasteiger partial charge in [0.05, 0.1) is 18.2 Å². The standard InChI is InChI=1S/C19H13Cl2N3O2/c20-14-3-4-15-12(8-14)5-6-19(15)17(25)24(18(26)23-19)10-13-2-1-11(9-22)7-16(13)21/h1-4,7-8H,5-6,10H2,(H,23,26). The molecule has 5 nitrogen and oxygen atoms in total. The molecule has 0 aromatic heterocycles. The topological polar surface area (TPSA) is 73.2 Å². The third-order valence-electron chi connectivity index (χ3n) is 4.98. The highest BCUT2D eigenvalue weighted by atomic mass is 35.5. The van der Waals surface area contributed by atoms with Gasteiger partial charge in [-0.2, -0.15) is 5.26 Å². The Kier molecular flexibility index (Phi) is 3.91. The van der Waals surface area contributed by atoms with Crippen LogP contribution in [-0.2, 0) is 23.3 Å². The second-order valence-corrected chi connectivity index (χ2v) is 7.29. The van der Waals surface area contributed by atoms with Crippen LogP contribution in [0.1, 0.15) is 28.7 Å². The van der Waals surface area contributed by atoms with Gasteiger partial charge in [-0.1, -0.05) is 35.3 Å². The van der Waals surface area contributed by atoms with Gasteiger partial charge in [-0.15, -0.1) is 0 Å². The number of hydrogen-bond donors (Lipinski definition) is 1. The smallest absolute Gasteiger partial charge is 0.319 e. The summed E-state index contributed by atoms with van der Waals surface area (Å²) in [5.41, 5.74) is 1.78. The summed E-state index contributed by atoms with van der Waals surface area (Å²) in [5, 5.41) is 12.8. The summed E-state index contributed by atoms with van der Waals surface area (Å²) in [7, 11) is 0. The molecule has 3 amide bonds. The quantitative estimate of drug-likeness (QED) is 0.799. The predicted molar refractivity (Wildman–Crippen MR) is 96.7 cm³/mol. The van der Waals surface area contributed by atoms with Crippen molar-refractivity contribution in [1.82, 2.24) is 10.2 Å². The Balaban J connectivity index is 1.67. The van der Waals surface area contributed by atoms with Gasteiger partial charge in [0.1, 0.15) is 5.54 Å². The number of carbonyl (C=O) groups excluding carboxylic acids is 2. The number of nitrogens with one attached hydrogen (secondary N) is 1. The maximum atomic E-state index is 13.1. The summed E-state index contributed by atoms with van der Waals surface area (Å²) in [6.45, 7) is 0.0554. The van der Waals surface area contributed by atoms with Crippen LogP contribution in [-0.4, -0.2) is 16.8 Å². The SMILES string of the molecule is N#Cc1ccc(CN2C(=O)NC3(CCc4cc(Cl)ccc43)C2=O)c(Cl)c1. The van der Waals surface area contributed by atoms with Crippen LogP contribution in [0.3, 0.4) is 0 Å². The summed E-state index contributed by atoms with van der Waals surface area (Å²) in [6.07, 6.45) is 1.18. The van der Waals surface area contributed by atoms with Crippen molar-refractivity contribution < 1.29 is 9.59 Å². The van der Waals surface area contributed by atoms with Gasteiger partial charge in [0.25, 0.3) is 5.91 Å². The van der Waals surface area contributed by atoms with Crippen LogP contribution in [0.2, 0.25) is 10.0 Å². The second kappa shape index (κ2) is 6.01. The molecule has 2 aliphatic rings. The van der Waals surface area contributed by atoms with E-state index >= 15 is 0 Å². The lowest BCUT2D eigenvalue weighted by molar-refractivity contribution is -0.132. The molecule has 1 fully saturated rings. The Morgan fingerprint density at radius 1 is 1.19 bits per heavy atom. The van der Waals surface area contributed by atoms with E-state index < -0.39 is 11.6 Å². The maximum absolute atomic E-state index is 13.1. The number of fused-ring (bicyclic) bond motifs is 2. The van der Waals surface area contributed by atoms with Gasteiger partial charge in [-0.25, -0.2) is 4.79 Å². The van der Waals surface area contributed by atoms with E-state index in [1.54, 1.807) is 24.3 Å². The first-order chi connectivity index (χ1) is 12.4. The molecule has 1 atom stereocenters. The Hall–Kier alpha value is -2.55. The summed E-state index contributed by atoms with van der Waals surface area (Å²) in [6, 6.07) is 11.7. The van der Waals surface area contributed by atoms with Gasteiger partial charge in [0.2, 0.25) is 0 Å². The van der Waals surface area contributed by atoms with E-state index in [1.165, 1.54) is 11.0 Å². The van der Waals surface area contributed by atoms with Gasteiger partial charge in [-0.05, 0) is 53.8 Å². The number of imide groups is 1. The fraction of sp³-hybridized carbons (Fsp3) is 0.211. The van der Waals surface area contributed by atoms with Crippen LogP contribution in [0.5, 0.6) is 0 Å². The monoisotopic (exact) mass is 385 g/mol. The Morgan fingerprint density at radius 3 is 2.73 bits per heavy atom. The number of rotatable bonds is 2. The number of nitrogens with zero attached hydrogens (tertiary/aromatic N) is 2. The van der Waals surface area contributed by atoms with Crippen molar-refractivity contribution in [3.8, 4) is 6.07 Å². The highest BCUT2D eigenvalue weighted by Crippen LogP contribution is 2.42. The van der Waals surface area contributed by atoms with Gasteiger partial charge in [0, 0.05) is 10.0 Å². The molecule has 130 valence electrons.